The van der Waals surface area contributed by atoms with Gasteiger partial charge in [-0.15, -0.1) is 0 Å². The molecule has 1 rings (SSSR count). The van der Waals surface area contributed by atoms with Crippen molar-refractivity contribution in [3.05, 3.63) is 0 Å². The van der Waals surface area contributed by atoms with E-state index in [1.165, 1.54) is 19.4 Å². The largest absolute Gasteiger partial charge is 0.481 e. The molecule has 1 aliphatic heterocycles. The summed E-state index contributed by atoms with van der Waals surface area (Å²) in [4.78, 5) is 15.9. The Kier molecular flexibility index (Phi) is 6.27. The summed E-state index contributed by atoms with van der Waals surface area (Å²) in [5.74, 6) is -0.681. The monoisotopic (exact) mass is 270 g/mol. The molecule has 19 heavy (non-hydrogen) atoms. The van der Waals surface area contributed by atoms with E-state index in [0.29, 0.717) is 6.04 Å². The number of hydrogen-bond donors (Lipinski definition) is 1. The third-order valence-corrected chi connectivity index (χ3v) is 4.15. The zero-order chi connectivity index (χ0) is 14.5. The SMILES string of the molecule is CN(C)CC1CCCN1CCCCC(C)(C)C(=O)O. The van der Waals surface area contributed by atoms with Crippen molar-refractivity contribution >= 4 is 5.97 Å². The number of carboxylic acid groups (broad SMARTS) is 1. The number of unbranched alkanes of at least 4 members (excludes halogenated alkanes) is 1. The lowest BCUT2D eigenvalue weighted by molar-refractivity contribution is -0.147. The number of carbonyl (C=O) groups is 1. The highest BCUT2D eigenvalue weighted by molar-refractivity contribution is 5.73. The summed E-state index contributed by atoms with van der Waals surface area (Å²) in [6.45, 7) is 7.11. The number of carboxylic acids is 1. The van der Waals surface area contributed by atoms with Gasteiger partial charge in [0.05, 0.1) is 5.41 Å². The first kappa shape index (κ1) is 16.4. The molecule has 112 valence electrons. The van der Waals surface area contributed by atoms with Gasteiger partial charge in [-0.1, -0.05) is 6.42 Å². The second kappa shape index (κ2) is 7.25. The van der Waals surface area contributed by atoms with Crippen molar-refractivity contribution in [1.82, 2.24) is 9.80 Å². The molecule has 1 saturated heterocycles. The molecule has 0 bridgehead atoms. The summed E-state index contributed by atoms with van der Waals surface area (Å²) in [5.41, 5.74) is -0.575. The van der Waals surface area contributed by atoms with Gasteiger partial charge in [0.2, 0.25) is 0 Å². The average molecular weight is 270 g/mol. The Labute approximate surface area is 117 Å². The standard InChI is InChI=1S/C15H30N2O2/c1-15(2,14(18)19)9-5-6-10-17-11-7-8-13(17)12-16(3)4/h13H,5-12H2,1-4H3,(H,18,19). The van der Waals surface area contributed by atoms with Crippen LogP contribution in [0.15, 0.2) is 0 Å². The van der Waals surface area contributed by atoms with Crippen molar-refractivity contribution < 1.29 is 9.90 Å². The van der Waals surface area contributed by atoms with E-state index in [1.807, 2.05) is 13.8 Å². The summed E-state index contributed by atoms with van der Waals surface area (Å²) in [6, 6.07) is 0.697. The van der Waals surface area contributed by atoms with E-state index >= 15 is 0 Å². The fourth-order valence-electron chi connectivity index (χ4n) is 2.81. The van der Waals surface area contributed by atoms with Crippen molar-refractivity contribution in [1.29, 1.82) is 0 Å². The third kappa shape index (κ3) is 5.49. The topological polar surface area (TPSA) is 43.8 Å². The number of likely N-dealkylation sites (tertiary alicyclic amines) is 1. The highest BCUT2D eigenvalue weighted by atomic mass is 16.4. The van der Waals surface area contributed by atoms with E-state index in [-0.39, 0.29) is 0 Å². The molecular formula is C15H30N2O2. The lowest BCUT2D eigenvalue weighted by atomic mass is 9.87. The zero-order valence-corrected chi connectivity index (χ0v) is 13.0. The second-order valence-corrected chi connectivity index (χ2v) is 6.74. The summed E-state index contributed by atoms with van der Waals surface area (Å²) in [6.07, 6.45) is 5.50. The molecule has 0 aromatic heterocycles. The molecule has 0 aromatic carbocycles. The van der Waals surface area contributed by atoms with Gasteiger partial charge in [0.25, 0.3) is 0 Å². The van der Waals surface area contributed by atoms with Crippen LogP contribution in [-0.2, 0) is 4.79 Å². The van der Waals surface area contributed by atoms with Crippen LogP contribution in [0.3, 0.4) is 0 Å². The van der Waals surface area contributed by atoms with Gasteiger partial charge in [-0.2, -0.15) is 0 Å². The van der Waals surface area contributed by atoms with Crippen molar-refractivity contribution in [3.63, 3.8) is 0 Å². The molecule has 0 aromatic rings. The van der Waals surface area contributed by atoms with Crippen LogP contribution in [0.25, 0.3) is 0 Å². The highest BCUT2D eigenvalue weighted by Gasteiger charge is 2.27. The summed E-state index contributed by atoms with van der Waals surface area (Å²) in [5, 5.41) is 9.08. The lowest BCUT2D eigenvalue weighted by Gasteiger charge is -2.27. The molecule has 1 heterocycles. The molecule has 1 fully saturated rings. The average Bonchev–Trinajstić information content (AvgIpc) is 2.71. The van der Waals surface area contributed by atoms with Crippen molar-refractivity contribution in [2.45, 2.75) is 52.0 Å². The maximum Gasteiger partial charge on any atom is 0.309 e. The van der Waals surface area contributed by atoms with Gasteiger partial charge >= 0.3 is 5.97 Å². The van der Waals surface area contributed by atoms with Crippen LogP contribution in [0, 0.1) is 5.41 Å². The maximum absolute atomic E-state index is 11.0. The van der Waals surface area contributed by atoms with Crippen molar-refractivity contribution in [3.8, 4) is 0 Å². The molecule has 1 aliphatic rings. The van der Waals surface area contributed by atoms with E-state index in [0.717, 1.165) is 32.4 Å². The molecule has 0 aliphatic carbocycles. The van der Waals surface area contributed by atoms with Gasteiger partial charge in [0.1, 0.15) is 0 Å². The summed E-state index contributed by atoms with van der Waals surface area (Å²) < 4.78 is 0. The predicted octanol–water partition coefficient (Wildman–Crippen LogP) is 2.29. The van der Waals surface area contributed by atoms with Crippen LogP contribution in [0.4, 0.5) is 0 Å². The Hall–Kier alpha value is -0.610. The highest BCUT2D eigenvalue weighted by Crippen LogP contribution is 2.24. The smallest absolute Gasteiger partial charge is 0.309 e. The van der Waals surface area contributed by atoms with E-state index < -0.39 is 11.4 Å². The lowest BCUT2D eigenvalue weighted by Crippen LogP contribution is -2.38. The van der Waals surface area contributed by atoms with E-state index in [2.05, 4.69) is 23.9 Å². The minimum atomic E-state index is -0.681. The predicted molar refractivity (Wildman–Crippen MR) is 78.4 cm³/mol. The zero-order valence-electron chi connectivity index (χ0n) is 13.0. The Morgan fingerprint density at radius 1 is 1.37 bits per heavy atom. The third-order valence-electron chi connectivity index (χ3n) is 4.15. The van der Waals surface area contributed by atoms with Gasteiger partial charge in [-0.25, -0.2) is 0 Å². The number of nitrogens with zero attached hydrogens (tertiary/aromatic N) is 2. The van der Waals surface area contributed by atoms with Crippen LogP contribution in [-0.4, -0.2) is 60.6 Å². The Morgan fingerprint density at radius 2 is 2.05 bits per heavy atom. The molecule has 0 saturated carbocycles. The van der Waals surface area contributed by atoms with Crippen LogP contribution in [0.1, 0.15) is 46.0 Å². The maximum atomic E-state index is 11.0. The molecule has 0 amide bonds. The van der Waals surface area contributed by atoms with Crippen LogP contribution in [0.5, 0.6) is 0 Å². The minimum Gasteiger partial charge on any atom is -0.481 e. The van der Waals surface area contributed by atoms with Crippen molar-refractivity contribution in [2.24, 2.45) is 5.41 Å². The second-order valence-electron chi connectivity index (χ2n) is 6.74. The van der Waals surface area contributed by atoms with Crippen LogP contribution >= 0.6 is 0 Å². The number of rotatable bonds is 8. The Morgan fingerprint density at radius 3 is 2.63 bits per heavy atom. The molecule has 0 spiro atoms. The summed E-state index contributed by atoms with van der Waals surface area (Å²) >= 11 is 0. The van der Waals surface area contributed by atoms with Gasteiger partial charge < -0.3 is 10.0 Å². The number of likely N-dealkylation sites (N-methyl/N-ethyl adjacent to an activating group) is 1. The first-order chi connectivity index (χ1) is 8.83. The first-order valence-corrected chi connectivity index (χ1v) is 7.45. The molecule has 4 nitrogen and oxygen atoms in total. The van der Waals surface area contributed by atoms with Crippen LogP contribution in [0.2, 0.25) is 0 Å². The molecule has 0 radical (unpaired) electrons. The molecule has 1 N–H and O–H groups in total. The molecular weight excluding hydrogens is 240 g/mol. The van der Waals surface area contributed by atoms with E-state index in [4.69, 9.17) is 5.11 Å². The quantitative estimate of drug-likeness (QED) is 0.687. The number of aliphatic carboxylic acids is 1. The fourth-order valence-corrected chi connectivity index (χ4v) is 2.81. The van der Waals surface area contributed by atoms with Crippen molar-refractivity contribution in [2.75, 3.05) is 33.7 Å². The molecule has 1 atom stereocenters. The number of hydrogen-bond acceptors (Lipinski definition) is 3. The van der Waals surface area contributed by atoms with Gasteiger partial charge in [-0.3, -0.25) is 9.69 Å². The normalized spacial score (nSPS) is 21.2. The minimum absolute atomic E-state index is 0.575. The molecule has 4 heteroatoms. The Bertz CT molecular complexity index is 290. The fraction of sp³-hybridized carbons (Fsp3) is 0.933. The Balaban J connectivity index is 2.23. The van der Waals surface area contributed by atoms with E-state index in [1.54, 1.807) is 0 Å². The van der Waals surface area contributed by atoms with Gasteiger partial charge in [0.15, 0.2) is 0 Å². The van der Waals surface area contributed by atoms with Gasteiger partial charge in [-0.05, 0) is 66.7 Å². The van der Waals surface area contributed by atoms with Gasteiger partial charge in [0, 0.05) is 12.6 Å². The van der Waals surface area contributed by atoms with Crippen LogP contribution < -0.4 is 0 Å². The van der Waals surface area contributed by atoms with E-state index in [9.17, 15) is 4.79 Å². The first-order valence-electron chi connectivity index (χ1n) is 7.45. The molecule has 1 unspecified atom stereocenters. The summed E-state index contributed by atoms with van der Waals surface area (Å²) in [7, 11) is 4.26.